The van der Waals surface area contributed by atoms with Crippen LogP contribution >= 0.6 is 23.4 Å². The SMILES string of the molecule is CSC1=CC(C)=NC(=O)C1CNC(=O)c1c(C)n([C@H](C)C2CCC(N3CC(OC(C)(C)C)C3)CC2)c2ncc(Cl)cc12. The number of carbonyl (C=O) groups is 2. The van der Waals surface area contributed by atoms with Crippen LogP contribution in [-0.4, -0.2) is 75.6 Å². The average molecular weight is 614 g/mol. The van der Waals surface area contributed by atoms with Gasteiger partial charge in [0.25, 0.3) is 11.8 Å². The predicted octanol–water partition coefficient (Wildman–Crippen LogP) is 6.21. The van der Waals surface area contributed by atoms with Crippen LogP contribution in [0.15, 0.2) is 28.2 Å². The van der Waals surface area contributed by atoms with Gasteiger partial charge in [0.05, 0.1) is 28.2 Å². The van der Waals surface area contributed by atoms with Crippen molar-refractivity contribution >= 4 is 51.9 Å². The molecule has 0 aromatic carbocycles. The van der Waals surface area contributed by atoms with Crippen molar-refractivity contribution in [3.63, 3.8) is 0 Å². The Kier molecular flexibility index (Phi) is 9.24. The largest absolute Gasteiger partial charge is 0.370 e. The Hall–Kier alpha value is -2.20. The van der Waals surface area contributed by atoms with E-state index in [1.54, 1.807) is 6.20 Å². The van der Waals surface area contributed by atoms with E-state index in [1.165, 1.54) is 24.6 Å². The summed E-state index contributed by atoms with van der Waals surface area (Å²) in [6, 6.07) is 2.63. The number of pyridine rings is 1. The smallest absolute Gasteiger partial charge is 0.255 e. The topological polar surface area (TPSA) is 88.8 Å². The zero-order valence-electron chi connectivity index (χ0n) is 25.9. The number of hydrogen-bond donors (Lipinski definition) is 1. The van der Waals surface area contributed by atoms with E-state index >= 15 is 0 Å². The Labute approximate surface area is 258 Å². The summed E-state index contributed by atoms with van der Waals surface area (Å²) < 4.78 is 8.38. The second-order valence-electron chi connectivity index (χ2n) is 13.1. The van der Waals surface area contributed by atoms with Crippen molar-refractivity contribution in [3.8, 4) is 0 Å². The number of carbonyl (C=O) groups excluding carboxylic acids is 2. The van der Waals surface area contributed by atoms with Crippen LogP contribution in [0.1, 0.15) is 82.4 Å². The number of hydrogen-bond acceptors (Lipinski definition) is 6. The number of rotatable bonds is 8. The molecule has 2 aromatic heterocycles. The van der Waals surface area contributed by atoms with Gasteiger partial charge in [-0.1, -0.05) is 11.6 Å². The molecule has 10 heteroatoms. The highest BCUT2D eigenvalue weighted by molar-refractivity contribution is 8.02. The number of nitrogens with zero attached hydrogens (tertiary/aromatic N) is 4. The summed E-state index contributed by atoms with van der Waals surface area (Å²) in [5.74, 6) is -0.426. The van der Waals surface area contributed by atoms with E-state index in [2.05, 4.69) is 47.5 Å². The van der Waals surface area contributed by atoms with Gasteiger partial charge in [0.15, 0.2) is 0 Å². The van der Waals surface area contributed by atoms with Crippen LogP contribution in [0, 0.1) is 18.8 Å². The number of allylic oxidation sites excluding steroid dienone is 1. The highest BCUT2D eigenvalue weighted by atomic mass is 35.5. The molecule has 42 heavy (non-hydrogen) atoms. The van der Waals surface area contributed by atoms with E-state index in [0.29, 0.717) is 34.4 Å². The van der Waals surface area contributed by atoms with E-state index in [4.69, 9.17) is 21.3 Å². The van der Waals surface area contributed by atoms with E-state index < -0.39 is 5.92 Å². The van der Waals surface area contributed by atoms with Crippen molar-refractivity contribution in [3.05, 3.63) is 39.5 Å². The summed E-state index contributed by atoms with van der Waals surface area (Å²) in [5, 5.41) is 4.26. The van der Waals surface area contributed by atoms with Gasteiger partial charge in [-0.05, 0) is 91.5 Å². The maximum absolute atomic E-state index is 13.7. The van der Waals surface area contributed by atoms with Crippen LogP contribution in [0.5, 0.6) is 0 Å². The number of aliphatic imine (C=N–C) groups is 1. The monoisotopic (exact) mass is 613 g/mol. The highest BCUT2D eigenvalue weighted by Gasteiger charge is 2.38. The fraction of sp³-hybridized carbons (Fsp3) is 0.625. The second-order valence-corrected chi connectivity index (χ2v) is 14.4. The number of likely N-dealkylation sites (tertiary alicyclic amines) is 1. The maximum atomic E-state index is 13.7. The van der Waals surface area contributed by atoms with Crippen molar-refractivity contribution < 1.29 is 14.3 Å². The molecule has 2 amide bonds. The molecule has 8 nitrogen and oxygen atoms in total. The molecule has 1 unspecified atom stereocenters. The minimum atomic E-state index is -0.473. The molecular weight excluding hydrogens is 570 g/mol. The lowest BCUT2D eigenvalue weighted by atomic mass is 9.80. The van der Waals surface area contributed by atoms with Crippen molar-refractivity contribution in [2.24, 2.45) is 16.8 Å². The molecule has 4 heterocycles. The molecule has 0 spiro atoms. The number of nitrogens with one attached hydrogen (secondary N) is 1. The van der Waals surface area contributed by atoms with Crippen LogP contribution < -0.4 is 5.32 Å². The first-order valence-electron chi connectivity index (χ1n) is 15.1. The van der Waals surface area contributed by atoms with Crippen LogP contribution in [0.4, 0.5) is 0 Å². The van der Waals surface area contributed by atoms with E-state index in [0.717, 1.165) is 47.6 Å². The van der Waals surface area contributed by atoms with Gasteiger partial charge in [-0.3, -0.25) is 14.5 Å². The molecular formula is C32H44ClN5O3S. The summed E-state index contributed by atoms with van der Waals surface area (Å²) in [7, 11) is 0. The molecule has 0 bridgehead atoms. The Morgan fingerprint density at radius 2 is 1.90 bits per heavy atom. The van der Waals surface area contributed by atoms with Crippen LogP contribution in [-0.2, 0) is 9.53 Å². The summed E-state index contributed by atoms with van der Waals surface area (Å²) in [5.41, 5.74) is 2.83. The van der Waals surface area contributed by atoms with Gasteiger partial charge in [0.2, 0.25) is 0 Å². The lowest BCUT2D eigenvalue weighted by molar-refractivity contribution is -0.137. The number of ether oxygens (including phenoxy) is 1. The average Bonchev–Trinajstić information content (AvgIpc) is 3.19. The van der Waals surface area contributed by atoms with E-state index in [-0.39, 0.29) is 30.0 Å². The number of fused-ring (bicyclic) bond motifs is 1. The zero-order chi connectivity index (χ0) is 30.3. The summed E-state index contributed by atoms with van der Waals surface area (Å²) in [6.07, 6.45) is 10.5. The molecule has 1 aliphatic carbocycles. The number of aromatic nitrogens is 2. The second kappa shape index (κ2) is 12.4. The number of dihydropyridines is 1. The van der Waals surface area contributed by atoms with E-state index in [9.17, 15) is 9.59 Å². The third kappa shape index (κ3) is 6.49. The maximum Gasteiger partial charge on any atom is 0.255 e. The van der Waals surface area contributed by atoms with Gasteiger partial charge in [0.1, 0.15) is 5.65 Å². The Morgan fingerprint density at radius 3 is 2.55 bits per heavy atom. The quantitative estimate of drug-likeness (QED) is 0.381. The standard InChI is InChI=1S/C32H44ClN5O3S/c1-18-12-27(42-7)26(30(39)36-18)15-35-31(40)28-20(3)38(29-25(28)13-22(33)14-34-29)19(2)21-8-10-23(11-9-21)37-16-24(17-37)41-32(4,5)6/h12-14,19,21,23-24,26H,8-11,15-17H2,1-7H3,(H,35,40)/t19-,21?,23?,26?/m1/s1. The third-order valence-corrected chi connectivity index (χ3v) is 10.1. The fourth-order valence-electron chi connectivity index (χ4n) is 6.95. The molecule has 1 saturated heterocycles. The van der Waals surface area contributed by atoms with Crippen LogP contribution in [0.25, 0.3) is 11.0 Å². The molecule has 228 valence electrons. The zero-order valence-corrected chi connectivity index (χ0v) is 27.4. The number of amides is 2. The van der Waals surface area contributed by atoms with Crippen molar-refractivity contribution in [1.29, 1.82) is 0 Å². The van der Waals surface area contributed by atoms with Gasteiger partial charge in [0, 0.05) is 59.6 Å². The first kappa shape index (κ1) is 31.2. The molecule has 5 rings (SSSR count). The van der Waals surface area contributed by atoms with E-state index in [1.807, 2.05) is 32.2 Å². The minimum Gasteiger partial charge on any atom is -0.370 e. The normalized spacial score (nSPS) is 24.8. The van der Waals surface area contributed by atoms with Crippen LogP contribution in [0.2, 0.25) is 5.02 Å². The Bertz CT molecular complexity index is 1410. The summed E-state index contributed by atoms with van der Waals surface area (Å²) >= 11 is 7.90. The number of halogens is 1. The van der Waals surface area contributed by atoms with Gasteiger partial charge >= 0.3 is 0 Å². The van der Waals surface area contributed by atoms with Crippen LogP contribution in [0.3, 0.4) is 0 Å². The lowest BCUT2D eigenvalue weighted by Gasteiger charge is -2.48. The van der Waals surface area contributed by atoms with Crippen molar-refractivity contribution in [2.45, 2.75) is 91.0 Å². The molecule has 3 aliphatic rings. The fourth-order valence-corrected chi connectivity index (χ4v) is 7.87. The first-order chi connectivity index (χ1) is 19.9. The van der Waals surface area contributed by atoms with Gasteiger partial charge in [-0.25, -0.2) is 9.98 Å². The molecule has 0 radical (unpaired) electrons. The molecule has 1 N–H and O–H groups in total. The van der Waals surface area contributed by atoms with Gasteiger partial charge in [-0.2, -0.15) is 0 Å². The molecule has 2 fully saturated rings. The van der Waals surface area contributed by atoms with Crippen molar-refractivity contribution in [2.75, 3.05) is 25.9 Å². The third-order valence-electron chi connectivity index (χ3n) is 9.01. The Morgan fingerprint density at radius 1 is 1.21 bits per heavy atom. The number of thioether (sulfide) groups is 1. The lowest BCUT2D eigenvalue weighted by Crippen LogP contribution is -2.58. The van der Waals surface area contributed by atoms with Gasteiger partial charge in [-0.15, -0.1) is 11.8 Å². The molecule has 2 aromatic rings. The summed E-state index contributed by atoms with van der Waals surface area (Å²) in [6.45, 7) is 14.7. The van der Waals surface area contributed by atoms with Gasteiger partial charge < -0.3 is 14.6 Å². The Balaban J connectivity index is 1.29. The first-order valence-corrected chi connectivity index (χ1v) is 16.7. The minimum absolute atomic E-state index is 0.0925. The highest BCUT2D eigenvalue weighted by Crippen LogP contribution is 2.40. The molecule has 1 saturated carbocycles. The molecule has 2 atom stereocenters. The van der Waals surface area contributed by atoms with Crippen molar-refractivity contribution in [1.82, 2.24) is 19.8 Å². The molecule has 2 aliphatic heterocycles. The predicted molar refractivity (Wildman–Crippen MR) is 172 cm³/mol. The summed E-state index contributed by atoms with van der Waals surface area (Å²) in [4.78, 5) is 38.6.